The van der Waals surface area contributed by atoms with Gasteiger partial charge in [0, 0.05) is 7.05 Å². The van der Waals surface area contributed by atoms with Crippen LogP contribution in [0, 0.1) is 0 Å². The van der Waals surface area contributed by atoms with Crippen LogP contribution in [0.4, 0.5) is 4.79 Å². The van der Waals surface area contributed by atoms with Crippen molar-refractivity contribution in [1.29, 1.82) is 0 Å². The van der Waals surface area contributed by atoms with Crippen LogP contribution in [0.2, 0.25) is 0 Å². The highest BCUT2D eigenvalue weighted by molar-refractivity contribution is 7.99. The van der Waals surface area contributed by atoms with Gasteiger partial charge in [0.25, 0.3) is 5.91 Å². The van der Waals surface area contributed by atoms with Gasteiger partial charge in [-0.1, -0.05) is 11.8 Å². The highest BCUT2D eigenvalue weighted by atomic mass is 32.2. The molecule has 3 aliphatic heterocycles. The zero-order valence-electron chi connectivity index (χ0n) is 14.9. The largest absolute Gasteiger partial charge is 0.487 e. The molecule has 2 fully saturated rings. The SMILES string of the molecule is CNC(=O)Cn1nnnc1SCC1=C(C(=O)O)N2C(=O)[C@@H]3[C@H]2[C@@H](CN3C(=O)O)O1. The van der Waals surface area contributed by atoms with Crippen molar-refractivity contribution in [1.82, 2.24) is 35.3 Å². The zero-order chi connectivity index (χ0) is 20.9. The molecule has 0 aliphatic carbocycles. The number of hydrogen-bond acceptors (Lipinski definition) is 9. The number of β-lactam (4-membered cyclic amide) rings is 1. The maximum absolute atomic E-state index is 12.5. The molecule has 0 bridgehead atoms. The summed E-state index contributed by atoms with van der Waals surface area (Å²) in [6.45, 7) is -0.162. The van der Waals surface area contributed by atoms with Crippen molar-refractivity contribution in [2.45, 2.75) is 29.9 Å². The lowest BCUT2D eigenvalue weighted by atomic mass is 9.91. The monoisotopic (exact) mass is 425 g/mol. The van der Waals surface area contributed by atoms with Crippen molar-refractivity contribution in [3.8, 4) is 0 Å². The number of aromatic nitrogens is 4. The molecular weight excluding hydrogens is 410 g/mol. The van der Waals surface area contributed by atoms with Gasteiger partial charge in [0.1, 0.15) is 30.5 Å². The highest BCUT2D eigenvalue weighted by Gasteiger charge is 2.65. The molecule has 3 amide bonds. The average molecular weight is 425 g/mol. The second kappa shape index (κ2) is 6.91. The van der Waals surface area contributed by atoms with Gasteiger partial charge in [0.2, 0.25) is 11.1 Å². The number of ether oxygens (including phenoxy) is 1. The fourth-order valence-electron chi connectivity index (χ4n) is 3.60. The lowest BCUT2D eigenvalue weighted by Gasteiger charge is -2.48. The van der Waals surface area contributed by atoms with Gasteiger partial charge < -0.3 is 20.3 Å². The van der Waals surface area contributed by atoms with Gasteiger partial charge in [-0.25, -0.2) is 14.3 Å². The quantitative estimate of drug-likeness (QED) is 0.332. The van der Waals surface area contributed by atoms with E-state index in [-0.39, 0.29) is 41.4 Å². The lowest BCUT2D eigenvalue weighted by molar-refractivity contribution is -0.160. The molecule has 0 spiro atoms. The summed E-state index contributed by atoms with van der Waals surface area (Å²) in [6, 6.07) is -1.59. The Labute approximate surface area is 166 Å². The first-order chi connectivity index (χ1) is 13.8. The lowest BCUT2D eigenvalue weighted by Crippen LogP contribution is -2.70. The van der Waals surface area contributed by atoms with Crippen molar-refractivity contribution in [3.63, 3.8) is 0 Å². The summed E-state index contributed by atoms with van der Waals surface area (Å²) in [7, 11) is 1.47. The van der Waals surface area contributed by atoms with E-state index >= 15 is 0 Å². The molecule has 154 valence electrons. The molecule has 3 atom stereocenters. The Hall–Kier alpha value is -3.36. The number of rotatable bonds is 6. The smallest absolute Gasteiger partial charge is 0.408 e. The average Bonchev–Trinajstić information content (AvgIpc) is 3.27. The maximum Gasteiger partial charge on any atom is 0.408 e. The van der Waals surface area contributed by atoms with E-state index in [1.165, 1.54) is 11.7 Å². The van der Waals surface area contributed by atoms with Crippen LogP contribution in [0.1, 0.15) is 0 Å². The number of hydrogen-bond donors (Lipinski definition) is 3. The first kappa shape index (κ1) is 19.0. The molecule has 3 N–H and O–H groups in total. The van der Waals surface area contributed by atoms with Crippen LogP contribution in [-0.2, 0) is 25.7 Å². The van der Waals surface area contributed by atoms with E-state index < -0.39 is 36.2 Å². The number of thioether (sulfide) groups is 1. The van der Waals surface area contributed by atoms with Gasteiger partial charge >= 0.3 is 12.1 Å². The van der Waals surface area contributed by atoms with Crippen LogP contribution in [0.25, 0.3) is 0 Å². The molecule has 14 nitrogen and oxygen atoms in total. The predicted molar refractivity (Wildman–Crippen MR) is 91.3 cm³/mol. The minimum atomic E-state index is -1.36. The summed E-state index contributed by atoms with van der Waals surface area (Å²) in [5, 5.41) is 32.6. The Morgan fingerprint density at radius 3 is 2.76 bits per heavy atom. The number of tetrazole rings is 1. The number of nitrogens with zero attached hydrogens (tertiary/aromatic N) is 6. The van der Waals surface area contributed by atoms with Crippen LogP contribution in [0.15, 0.2) is 16.6 Å². The third-order valence-electron chi connectivity index (χ3n) is 4.86. The molecule has 0 unspecified atom stereocenters. The first-order valence-electron chi connectivity index (χ1n) is 8.38. The Bertz CT molecular complexity index is 946. The van der Waals surface area contributed by atoms with Gasteiger partial charge in [-0.3, -0.25) is 19.4 Å². The molecular formula is C14H15N7O7S. The summed E-state index contributed by atoms with van der Waals surface area (Å²) >= 11 is 1.03. The van der Waals surface area contributed by atoms with Crippen LogP contribution >= 0.6 is 11.8 Å². The third kappa shape index (κ3) is 2.93. The normalized spacial score (nSPS) is 24.7. The van der Waals surface area contributed by atoms with E-state index in [1.54, 1.807) is 0 Å². The topological polar surface area (TPSA) is 180 Å². The summed E-state index contributed by atoms with van der Waals surface area (Å²) in [5.41, 5.74) is -0.322. The maximum atomic E-state index is 12.5. The van der Waals surface area contributed by atoms with Gasteiger partial charge in [-0.15, -0.1) is 5.10 Å². The fraction of sp³-hybridized carbons (Fsp3) is 0.500. The van der Waals surface area contributed by atoms with Crippen molar-refractivity contribution >= 4 is 35.6 Å². The predicted octanol–water partition coefficient (Wildman–Crippen LogP) is -2.22. The molecule has 0 aromatic carbocycles. The molecule has 0 saturated carbocycles. The first-order valence-corrected chi connectivity index (χ1v) is 9.37. The summed E-state index contributed by atoms with van der Waals surface area (Å²) < 4.78 is 7.01. The number of carbonyl (C=O) groups is 4. The summed E-state index contributed by atoms with van der Waals surface area (Å²) in [4.78, 5) is 49.2. The number of carbonyl (C=O) groups excluding carboxylic acids is 2. The fourth-order valence-corrected chi connectivity index (χ4v) is 4.41. The zero-order valence-corrected chi connectivity index (χ0v) is 15.7. The Morgan fingerprint density at radius 1 is 1.34 bits per heavy atom. The molecule has 1 aromatic heterocycles. The highest BCUT2D eigenvalue weighted by Crippen LogP contribution is 2.44. The minimum Gasteiger partial charge on any atom is -0.487 e. The second-order valence-corrected chi connectivity index (χ2v) is 7.34. The molecule has 3 aliphatic rings. The van der Waals surface area contributed by atoms with Crippen molar-refractivity contribution in [3.05, 3.63) is 11.5 Å². The van der Waals surface area contributed by atoms with Crippen LogP contribution in [0.3, 0.4) is 0 Å². The van der Waals surface area contributed by atoms with Gasteiger partial charge in [-0.2, -0.15) is 0 Å². The number of carboxylic acid groups (broad SMARTS) is 2. The van der Waals surface area contributed by atoms with Gasteiger partial charge in [0.05, 0.1) is 12.3 Å². The summed E-state index contributed by atoms with van der Waals surface area (Å²) in [6.07, 6.45) is -1.92. The van der Waals surface area contributed by atoms with Crippen molar-refractivity contribution in [2.75, 3.05) is 19.3 Å². The summed E-state index contributed by atoms with van der Waals surface area (Å²) in [5.74, 6) is -2.28. The van der Waals surface area contributed by atoms with Crippen LogP contribution in [-0.4, -0.2) is 102 Å². The minimum absolute atomic E-state index is 0.0114. The third-order valence-corrected chi connectivity index (χ3v) is 5.81. The van der Waals surface area contributed by atoms with Crippen LogP contribution in [0.5, 0.6) is 0 Å². The number of amides is 3. The second-order valence-electron chi connectivity index (χ2n) is 6.39. The Balaban J connectivity index is 1.56. The molecule has 1 aromatic rings. The Kier molecular flexibility index (Phi) is 4.52. The van der Waals surface area contributed by atoms with Gasteiger partial charge in [-0.05, 0) is 10.4 Å². The van der Waals surface area contributed by atoms with E-state index in [0.29, 0.717) is 0 Å². The standard InChI is InChI=1S/C14H15N7O7S/c1-15-7(22)3-20-13(16-17-18-20)29-4-6-9(12(24)25)21-8-5(28-6)2-19(14(26)27)10(8)11(21)23/h5,8,10H,2-4H2,1H3,(H,15,22)(H,24,25)(H,26,27)/t5-,8-,10+/m1/s1. The molecule has 29 heavy (non-hydrogen) atoms. The van der Waals surface area contributed by atoms with E-state index in [0.717, 1.165) is 21.6 Å². The van der Waals surface area contributed by atoms with E-state index in [1.807, 2.05) is 0 Å². The number of carboxylic acids is 1. The number of aliphatic carboxylic acids is 1. The van der Waals surface area contributed by atoms with E-state index in [4.69, 9.17) is 4.74 Å². The molecule has 15 heteroatoms. The van der Waals surface area contributed by atoms with Crippen molar-refractivity contribution in [2.24, 2.45) is 0 Å². The Morgan fingerprint density at radius 2 is 2.10 bits per heavy atom. The van der Waals surface area contributed by atoms with E-state index in [9.17, 15) is 29.4 Å². The molecule has 2 saturated heterocycles. The van der Waals surface area contributed by atoms with Gasteiger partial charge in [0.15, 0.2) is 5.70 Å². The molecule has 0 radical (unpaired) electrons. The van der Waals surface area contributed by atoms with E-state index in [2.05, 4.69) is 20.8 Å². The molecule has 4 heterocycles. The molecule has 4 rings (SSSR count). The number of likely N-dealkylation sites (N-methyl/N-ethyl adjacent to an activating group) is 1. The number of nitrogens with one attached hydrogen (secondary N) is 1. The van der Waals surface area contributed by atoms with Crippen molar-refractivity contribution < 1.29 is 34.1 Å². The number of likely N-dealkylation sites (tertiary alicyclic amines) is 1. The van der Waals surface area contributed by atoms with Crippen LogP contribution < -0.4 is 5.32 Å².